The lowest BCUT2D eigenvalue weighted by Crippen LogP contribution is -2.06. The van der Waals surface area contributed by atoms with Crippen LogP contribution in [0.1, 0.15) is 13.3 Å². The highest BCUT2D eigenvalue weighted by atomic mass is 79.9. The summed E-state index contributed by atoms with van der Waals surface area (Å²) >= 11 is 9.41. The molecule has 7 heteroatoms. The van der Waals surface area contributed by atoms with E-state index in [0.717, 1.165) is 16.6 Å². The minimum atomic E-state index is 0.368. The topological polar surface area (TPSA) is 73.1 Å². The van der Waals surface area contributed by atoms with Gasteiger partial charge in [0.15, 0.2) is 5.82 Å². The summed E-state index contributed by atoms with van der Waals surface area (Å²) in [5, 5.41) is 3.73. The van der Waals surface area contributed by atoms with E-state index < -0.39 is 0 Å². The largest absolute Gasteiger partial charge is 0.476 e. The smallest absolute Gasteiger partial charge is 0.242 e. The van der Waals surface area contributed by atoms with Crippen LogP contribution in [0, 0.1) is 0 Å². The van der Waals surface area contributed by atoms with Crippen molar-refractivity contribution >= 4 is 44.7 Å². The minimum Gasteiger partial charge on any atom is -0.476 e. The number of hydrogen-bond donors (Lipinski definition) is 2. The van der Waals surface area contributed by atoms with Gasteiger partial charge in [-0.2, -0.15) is 4.98 Å². The molecule has 1 heterocycles. The second kappa shape index (κ2) is 6.76. The summed E-state index contributed by atoms with van der Waals surface area (Å²) in [5.74, 6) is 0.858. The highest BCUT2D eigenvalue weighted by molar-refractivity contribution is 9.10. The first-order valence-electron chi connectivity index (χ1n) is 6.07. The molecule has 0 radical (unpaired) electrons. The molecule has 106 valence electrons. The van der Waals surface area contributed by atoms with Crippen molar-refractivity contribution in [3.63, 3.8) is 0 Å². The van der Waals surface area contributed by atoms with Gasteiger partial charge >= 0.3 is 0 Å². The van der Waals surface area contributed by atoms with Crippen molar-refractivity contribution in [2.75, 3.05) is 17.7 Å². The third-order valence-corrected chi connectivity index (χ3v) is 3.40. The van der Waals surface area contributed by atoms with Gasteiger partial charge in [-0.3, -0.25) is 0 Å². The van der Waals surface area contributed by atoms with E-state index in [1.165, 1.54) is 6.33 Å². The number of benzene rings is 1. The number of ether oxygens (including phenoxy) is 1. The van der Waals surface area contributed by atoms with Gasteiger partial charge in [-0.15, -0.1) is 0 Å². The molecule has 0 atom stereocenters. The molecule has 0 aliphatic rings. The molecule has 5 nitrogen and oxygen atoms in total. The molecule has 0 spiro atoms. The summed E-state index contributed by atoms with van der Waals surface area (Å²) in [5.41, 5.74) is 7.14. The van der Waals surface area contributed by atoms with Crippen LogP contribution in [0.3, 0.4) is 0 Å². The van der Waals surface area contributed by atoms with Gasteiger partial charge in [0.1, 0.15) is 12.0 Å². The molecule has 0 unspecified atom stereocenters. The quantitative estimate of drug-likeness (QED) is 0.846. The summed E-state index contributed by atoms with van der Waals surface area (Å²) in [6.45, 7) is 2.57. The number of nitrogens with zero attached hydrogens (tertiary/aromatic N) is 2. The second-order valence-electron chi connectivity index (χ2n) is 4.04. The minimum absolute atomic E-state index is 0.368. The third kappa shape index (κ3) is 3.52. The normalized spacial score (nSPS) is 10.3. The Kier molecular flexibility index (Phi) is 5.03. The van der Waals surface area contributed by atoms with E-state index in [4.69, 9.17) is 22.1 Å². The second-order valence-corrected chi connectivity index (χ2v) is 5.33. The highest BCUT2D eigenvalue weighted by Gasteiger charge is 2.11. The highest BCUT2D eigenvalue weighted by Crippen LogP contribution is 2.32. The van der Waals surface area contributed by atoms with Crippen molar-refractivity contribution in [2.45, 2.75) is 13.3 Å². The average molecular weight is 358 g/mol. The van der Waals surface area contributed by atoms with Gasteiger partial charge in [0.05, 0.1) is 12.3 Å². The molecule has 0 saturated heterocycles. The number of aromatic nitrogens is 2. The molecule has 0 aliphatic carbocycles. The number of hydrogen-bond acceptors (Lipinski definition) is 5. The molecule has 2 aromatic rings. The maximum absolute atomic E-state index is 6.00. The lowest BCUT2D eigenvalue weighted by atomic mass is 10.3. The molecule has 1 aromatic carbocycles. The Bertz CT molecular complexity index is 609. The van der Waals surface area contributed by atoms with Crippen LogP contribution in [-0.2, 0) is 0 Å². The predicted molar refractivity (Wildman–Crippen MR) is 84.7 cm³/mol. The van der Waals surface area contributed by atoms with Crippen LogP contribution in [0.25, 0.3) is 0 Å². The van der Waals surface area contributed by atoms with Crippen molar-refractivity contribution in [3.05, 3.63) is 34.0 Å². The van der Waals surface area contributed by atoms with E-state index in [1.807, 2.05) is 13.0 Å². The first kappa shape index (κ1) is 14.9. The van der Waals surface area contributed by atoms with Crippen LogP contribution in [0.2, 0.25) is 5.02 Å². The Morgan fingerprint density at radius 2 is 2.20 bits per heavy atom. The average Bonchev–Trinajstić information content (AvgIpc) is 2.44. The van der Waals surface area contributed by atoms with Crippen LogP contribution in [-0.4, -0.2) is 16.6 Å². The molecule has 0 amide bonds. The standard InChI is InChI=1S/C13H14BrClN4O/c1-2-5-20-13-11(16)12(17-7-18-13)19-10-6-8(15)3-4-9(10)14/h3-4,6-7H,2,5,16H2,1H3,(H,17,18,19). The first-order chi connectivity index (χ1) is 9.61. The van der Waals surface area contributed by atoms with Gasteiger partial charge in [0, 0.05) is 9.50 Å². The van der Waals surface area contributed by atoms with Crippen molar-refractivity contribution < 1.29 is 4.74 Å². The Balaban J connectivity index is 2.27. The summed E-state index contributed by atoms with van der Waals surface area (Å²) in [6, 6.07) is 5.41. The first-order valence-corrected chi connectivity index (χ1v) is 7.24. The van der Waals surface area contributed by atoms with Gasteiger partial charge in [0.25, 0.3) is 0 Å². The molecule has 2 rings (SSSR count). The van der Waals surface area contributed by atoms with E-state index >= 15 is 0 Å². The monoisotopic (exact) mass is 356 g/mol. The van der Waals surface area contributed by atoms with Gasteiger partial charge in [-0.1, -0.05) is 18.5 Å². The molecule has 20 heavy (non-hydrogen) atoms. The van der Waals surface area contributed by atoms with Gasteiger partial charge in [-0.25, -0.2) is 4.98 Å². The van der Waals surface area contributed by atoms with E-state index in [1.54, 1.807) is 12.1 Å². The van der Waals surface area contributed by atoms with Crippen LogP contribution in [0.5, 0.6) is 5.88 Å². The number of nitrogens with two attached hydrogens (primary N) is 1. The lowest BCUT2D eigenvalue weighted by molar-refractivity contribution is 0.307. The Morgan fingerprint density at radius 1 is 1.40 bits per heavy atom. The summed E-state index contributed by atoms with van der Waals surface area (Å²) in [6.07, 6.45) is 2.29. The van der Waals surface area contributed by atoms with Crippen LogP contribution >= 0.6 is 27.5 Å². The maximum Gasteiger partial charge on any atom is 0.242 e. The number of nitrogen functional groups attached to an aromatic ring is 1. The SMILES string of the molecule is CCCOc1ncnc(Nc2cc(Cl)ccc2Br)c1N. The Labute approximate surface area is 130 Å². The third-order valence-electron chi connectivity index (χ3n) is 2.47. The number of halogens is 2. The Morgan fingerprint density at radius 3 is 2.95 bits per heavy atom. The maximum atomic E-state index is 6.00. The van der Waals surface area contributed by atoms with Crippen molar-refractivity contribution in [1.29, 1.82) is 0 Å². The van der Waals surface area contributed by atoms with Crippen LogP contribution < -0.4 is 15.8 Å². The van der Waals surface area contributed by atoms with Crippen LogP contribution in [0.15, 0.2) is 29.0 Å². The number of nitrogens with one attached hydrogen (secondary N) is 1. The molecular formula is C13H14BrClN4O. The molecule has 0 bridgehead atoms. The van der Waals surface area contributed by atoms with E-state index in [9.17, 15) is 0 Å². The van der Waals surface area contributed by atoms with Crippen LogP contribution in [0.4, 0.5) is 17.2 Å². The lowest BCUT2D eigenvalue weighted by Gasteiger charge is -2.12. The summed E-state index contributed by atoms with van der Waals surface area (Å²) in [4.78, 5) is 8.14. The summed E-state index contributed by atoms with van der Waals surface area (Å²) in [7, 11) is 0. The van der Waals surface area contributed by atoms with Crippen molar-refractivity contribution in [2.24, 2.45) is 0 Å². The molecular weight excluding hydrogens is 344 g/mol. The molecule has 3 N–H and O–H groups in total. The fraction of sp³-hybridized carbons (Fsp3) is 0.231. The van der Waals surface area contributed by atoms with Crippen molar-refractivity contribution in [3.8, 4) is 5.88 Å². The zero-order valence-electron chi connectivity index (χ0n) is 10.9. The molecule has 0 saturated carbocycles. The van der Waals surface area contributed by atoms with Gasteiger partial charge < -0.3 is 15.8 Å². The number of rotatable bonds is 5. The number of anilines is 3. The molecule has 1 aromatic heterocycles. The van der Waals surface area contributed by atoms with Gasteiger partial charge in [0.2, 0.25) is 5.88 Å². The zero-order chi connectivity index (χ0) is 14.5. The van der Waals surface area contributed by atoms with E-state index in [0.29, 0.717) is 29.0 Å². The fourth-order valence-corrected chi connectivity index (χ4v) is 2.03. The zero-order valence-corrected chi connectivity index (χ0v) is 13.2. The summed E-state index contributed by atoms with van der Waals surface area (Å²) < 4.78 is 6.32. The van der Waals surface area contributed by atoms with E-state index in [-0.39, 0.29) is 0 Å². The Hall–Kier alpha value is -1.53. The van der Waals surface area contributed by atoms with Crippen molar-refractivity contribution in [1.82, 2.24) is 9.97 Å². The fourth-order valence-electron chi connectivity index (χ4n) is 1.51. The molecule has 0 fully saturated rings. The van der Waals surface area contributed by atoms with Gasteiger partial charge in [-0.05, 0) is 40.5 Å². The molecule has 0 aliphatic heterocycles. The predicted octanol–water partition coefficient (Wildman–Crippen LogP) is 4.01. The van der Waals surface area contributed by atoms with E-state index in [2.05, 4.69) is 31.2 Å².